The summed E-state index contributed by atoms with van der Waals surface area (Å²) in [5.74, 6) is 2.67. The highest BCUT2D eigenvalue weighted by Gasteiger charge is 2.24. The van der Waals surface area contributed by atoms with Gasteiger partial charge in [0, 0.05) is 11.7 Å². The van der Waals surface area contributed by atoms with Crippen molar-refractivity contribution in [3.05, 3.63) is 24.0 Å². The lowest BCUT2D eigenvalue weighted by Gasteiger charge is -2.33. The van der Waals surface area contributed by atoms with E-state index in [0.29, 0.717) is 6.04 Å². The van der Waals surface area contributed by atoms with Gasteiger partial charge in [-0.1, -0.05) is 13.8 Å². The van der Waals surface area contributed by atoms with E-state index in [1.54, 1.807) is 0 Å². The molecule has 1 aromatic carbocycles. The predicted octanol–water partition coefficient (Wildman–Crippen LogP) is 4.11. The molecule has 1 aromatic heterocycles. The van der Waals surface area contributed by atoms with E-state index in [4.69, 9.17) is 0 Å². The van der Waals surface area contributed by atoms with E-state index in [-0.39, 0.29) is 0 Å². The minimum atomic E-state index is 0.618. The van der Waals surface area contributed by atoms with Crippen molar-refractivity contribution in [2.24, 2.45) is 11.8 Å². The number of imidazole rings is 1. The van der Waals surface area contributed by atoms with Gasteiger partial charge in [0.25, 0.3) is 0 Å². The molecule has 3 atom stereocenters. The van der Waals surface area contributed by atoms with Crippen LogP contribution in [0, 0.1) is 18.8 Å². The first-order valence-electron chi connectivity index (χ1n) is 7.34. The van der Waals surface area contributed by atoms with Crippen LogP contribution in [0.5, 0.6) is 0 Å². The van der Waals surface area contributed by atoms with E-state index < -0.39 is 0 Å². The van der Waals surface area contributed by atoms with Crippen LogP contribution in [0.4, 0.5) is 5.69 Å². The summed E-state index contributed by atoms with van der Waals surface area (Å²) >= 11 is 0. The molecule has 0 bridgehead atoms. The van der Waals surface area contributed by atoms with Gasteiger partial charge in [0.1, 0.15) is 5.82 Å². The van der Waals surface area contributed by atoms with Gasteiger partial charge in [-0.15, -0.1) is 0 Å². The third-order valence-electron chi connectivity index (χ3n) is 4.57. The number of rotatable bonds is 2. The Bertz CT molecular complexity index is 572. The molecule has 0 amide bonds. The summed E-state index contributed by atoms with van der Waals surface area (Å²) < 4.78 is 0. The second-order valence-corrected chi connectivity index (χ2v) is 6.16. The van der Waals surface area contributed by atoms with Crippen molar-refractivity contribution in [2.45, 2.75) is 46.1 Å². The summed E-state index contributed by atoms with van der Waals surface area (Å²) in [6, 6.07) is 7.03. The molecule has 1 aliphatic rings. The molecular formula is C16H23N3. The number of fused-ring (bicyclic) bond motifs is 1. The van der Waals surface area contributed by atoms with E-state index in [1.165, 1.54) is 24.9 Å². The zero-order valence-electron chi connectivity index (χ0n) is 12.0. The summed E-state index contributed by atoms with van der Waals surface area (Å²) in [6.07, 6.45) is 3.90. The van der Waals surface area contributed by atoms with E-state index in [2.05, 4.69) is 47.3 Å². The van der Waals surface area contributed by atoms with Gasteiger partial charge in [-0.2, -0.15) is 0 Å². The Balaban J connectivity index is 1.74. The molecule has 19 heavy (non-hydrogen) atoms. The van der Waals surface area contributed by atoms with Crippen molar-refractivity contribution in [3.63, 3.8) is 0 Å². The number of benzene rings is 1. The van der Waals surface area contributed by atoms with E-state index in [0.717, 1.165) is 28.7 Å². The smallest absolute Gasteiger partial charge is 0.104 e. The topological polar surface area (TPSA) is 40.7 Å². The van der Waals surface area contributed by atoms with E-state index in [1.807, 2.05) is 6.92 Å². The van der Waals surface area contributed by atoms with E-state index >= 15 is 0 Å². The predicted molar refractivity (Wildman–Crippen MR) is 80.4 cm³/mol. The van der Waals surface area contributed by atoms with Gasteiger partial charge >= 0.3 is 0 Å². The van der Waals surface area contributed by atoms with Crippen molar-refractivity contribution in [3.8, 4) is 0 Å². The van der Waals surface area contributed by atoms with Crippen LogP contribution in [0.25, 0.3) is 11.0 Å². The Labute approximate surface area is 114 Å². The van der Waals surface area contributed by atoms with Crippen LogP contribution in [0.15, 0.2) is 18.2 Å². The molecule has 2 aromatic rings. The molecule has 0 saturated heterocycles. The first kappa shape index (κ1) is 12.5. The van der Waals surface area contributed by atoms with Crippen molar-refractivity contribution < 1.29 is 0 Å². The molecule has 3 rings (SSSR count). The fourth-order valence-corrected chi connectivity index (χ4v) is 3.14. The van der Waals surface area contributed by atoms with Crippen LogP contribution in [-0.2, 0) is 0 Å². The largest absolute Gasteiger partial charge is 0.382 e. The second-order valence-electron chi connectivity index (χ2n) is 6.16. The lowest BCUT2D eigenvalue weighted by molar-refractivity contribution is 0.261. The molecule has 2 N–H and O–H groups in total. The van der Waals surface area contributed by atoms with Crippen LogP contribution in [-0.4, -0.2) is 16.0 Å². The summed E-state index contributed by atoms with van der Waals surface area (Å²) in [5, 5.41) is 3.69. The number of nitrogens with one attached hydrogen (secondary N) is 2. The molecule has 3 heteroatoms. The van der Waals surface area contributed by atoms with Crippen LogP contribution in [0.1, 0.15) is 38.9 Å². The number of aromatic nitrogens is 2. The number of hydrogen-bond acceptors (Lipinski definition) is 2. The molecule has 1 fully saturated rings. The summed E-state index contributed by atoms with van der Waals surface area (Å²) in [6.45, 7) is 6.75. The Morgan fingerprint density at radius 3 is 2.84 bits per heavy atom. The van der Waals surface area contributed by atoms with Crippen LogP contribution in [0.3, 0.4) is 0 Å². The standard InChI is InChI=1S/C16H23N3/c1-10-4-5-13(8-11(10)2)19-14-6-7-15-16(9-14)18-12(3)17-15/h6-7,9-11,13,19H,4-5,8H2,1-3H3,(H,17,18). The maximum absolute atomic E-state index is 4.44. The van der Waals surface area contributed by atoms with Gasteiger partial charge in [0.15, 0.2) is 0 Å². The van der Waals surface area contributed by atoms with Crippen molar-refractivity contribution in [2.75, 3.05) is 5.32 Å². The van der Waals surface area contributed by atoms with Crippen molar-refractivity contribution in [1.29, 1.82) is 0 Å². The number of nitrogens with zero attached hydrogens (tertiary/aromatic N) is 1. The highest BCUT2D eigenvalue weighted by atomic mass is 14.9. The number of anilines is 1. The average molecular weight is 257 g/mol. The van der Waals surface area contributed by atoms with Crippen molar-refractivity contribution in [1.82, 2.24) is 9.97 Å². The van der Waals surface area contributed by atoms with Crippen molar-refractivity contribution >= 4 is 16.7 Å². The van der Waals surface area contributed by atoms with Gasteiger partial charge in [-0.3, -0.25) is 0 Å². The van der Waals surface area contributed by atoms with Gasteiger partial charge < -0.3 is 10.3 Å². The third kappa shape index (κ3) is 2.60. The lowest BCUT2D eigenvalue weighted by Crippen LogP contribution is -2.30. The second kappa shape index (κ2) is 4.87. The number of hydrogen-bond donors (Lipinski definition) is 2. The molecule has 1 saturated carbocycles. The summed E-state index contributed by atoms with van der Waals surface area (Å²) in [4.78, 5) is 7.74. The molecule has 0 spiro atoms. The van der Waals surface area contributed by atoms with Gasteiger partial charge in [-0.05, 0) is 56.2 Å². The number of aromatic amines is 1. The quantitative estimate of drug-likeness (QED) is 0.850. The van der Waals surface area contributed by atoms with Crippen LogP contribution in [0.2, 0.25) is 0 Å². The summed E-state index contributed by atoms with van der Waals surface area (Å²) in [7, 11) is 0. The monoisotopic (exact) mass is 257 g/mol. The number of H-pyrrole nitrogens is 1. The molecule has 0 radical (unpaired) electrons. The SMILES string of the molecule is Cc1nc2ccc(NC3CCC(C)C(C)C3)cc2[nH]1. The number of aryl methyl sites for hydroxylation is 1. The molecule has 3 unspecified atom stereocenters. The fraction of sp³-hybridized carbons (Fsp3) is 0.562. The minimum absolute atomic E-state index is 0.618. The lowest BCUT2D eigenvalue weighted by atomic mass is 9.79. The Morgan fingerprint density at radius 2 is 2.05 bits per heavy atom. The molecular weight excluding hydrogens is 234 g/mol. The van der Waals surface area contributed by atoms with Crippen LogP contribution < -0.4 is 5.32 Å². The zero-order valence-corrected chi connectivity index (χ0v) is 12.0. The molecule has 3 nitrogen and oxygen atoms in total. The normalized spacial score (nSPS) is 27.6. The molecule has 0 aliphatic heterocycles. The average Bonchev–Trinajstić information content (AvgIpc) is 2.73. The molecule has 102 valence electrons. The van der Waals surface area contributed by atoms with E-state index in [9.17, 15) is 0 Å². The zero-order chi connectivity index (χ0) is 13.4. The highest BCUT2D eigenvalue weighted by molar-refractivity contribution is 5.79. The molecule has 1 aliphatic carbocycles. The Morgan fingerprint density at radius 1 is 1.21 bits per heavy atom. The Kier molecular flexibility index (Phi) is 3.21. The maximum Gasteiger partial charge on any atom is 0.104 e. The third-order valence-corrected chi connectivity index (χ3v) is 4.57. The van der Waals surface area contributed by atoms with Crippen LogP contribution >= 0.6 is 0 Å². The van der Waals surface area contributed by atoms with Gasteiger partial charge in [0.2, 0.25) is 0 Å². The first-order chi connectivity index (χ1) is 9.11. The summed E-state index contributed by atoms with van der Waals surface area (Å²) in [5.41, 5.74) is 3.39. The molecule has 1 heterocycles. The highest BCUT2D eigenvalue weighted by Crippen LogP contribution is 2.31. The Hall–Kier alpha value is -1.51. The first-order valence-corrected chi connectivity index (χ1v) is 7.34. The minimum Gasteiger partial charge on any atom is -0.382 e. The fourth-order valence-electron chi connectivity index (χ4n) is 3.14. The van der Waals surface area contributed by atoms with Gasteiger partial charge in [0.05, 0.1) is 11.0 Å². The van der Waals surface area contributed by atoms with Gasteiger partial charge in [-0.25, -0.2) is 4.98 Å². The maximum atomic E-state index is 4.44.